The Morgan fingerprint density at radius 1 is 0.976 bits per heavy atom. The molecule has 3 aromatic carbocycles. The zero-order chi connectivity index (χ0) is 28.7. The molecule has 0 radical (unpaired) electrons. The third kappa shape index (κ3) is 5.15. The fraction of sp³-hybridized carbons (Fsp3) is 0.0968. The lowest BCUT2D eigenvalue weighted by Crippen LogP contribution is -2.29. The van der Waals surface area contributed by atoms with Crippen molar-refractivity contribution in [1.29, 1.82) is 0 Å². The van der Waals surface area contributed by atoms with Crippen LogP contribution < -0.4 is 15.6 Å². The molecule has 0 fully saturated rings. The second kappa shape index (κ2) is 11.1. The molecule has 0 saturated heterocycles. The molecular weight excluding hydrogens is 542 g/mol. The number of rotatable bonds is 6. The number of anilines is 1. The number of hydrogen-bond donors (Lipinski definition) is 2. The number of pyridine rings is 1. The molecule has 6 aromatic rings. The summed E-state index contributed by atoms with van der Waals surface area (Å²) in [4.78, 5) is 26.2. The highest BCUT2D eigenvalue weighted by Gasteiger charge is 2.18. The Hall–Kier alpha value is -5.58. The van der Waals surface area contributed by atoms with Gasteiger partial charge in [-0.05, 0) is 67.6 Å². The number of aromatic amines is 1. The summed E-state index contributed by atoms with van der Waals surface area (Å²) < 4.78 is 37.6. The number of halogens is 2. The van der Waals surface area contributed by atoms with Crippen LogP contribution in [-0.2, 0) is 7.05 Å². The fourth-order valence-electron chi connectivity index (χ4n) is 4.58. The maximum Gasteiger partial charge on any atom is 0.268 e. The predicted octanol–water partition coefficient (Wildman–Crippen LogP) is 6.38. The lowest BCUT2D eigenvalue weighted by atomic mass is 10.1. The SMILES string of the molecule is C.Cc1ccc(C(=O)Nc2ccc(Oc3cc4cnn(C)c4cc3-c3cn[nH]c3)c(F)c2)c(=O)n1-c1ccc(F)cc1. The number of nitrogens with one attached hydrogen (secondary N) is 2. The normalized spacial score (nSPS) is 10.9. The van der Waals surface area contributed by atoms with Crippen LogP contribution in [0.3, 0.4) is 0 Å². The molecule has 1 amide bonds. The Kier molecular flexibility index (Phi) is 7.41. The van der Waals surface area contributed by atoms with Crippen LogP contribution in [0, 0.1) is 18.6 Å². The van der Waals surface area contributed by atoms with E-state index >= 15 is 4.39 Å². The molecule has 3 heterocycles. The van der Waals surface area contributed by atoms with Crippen molar-refractivity contribution >= 4 is 22.5 Å². The van der Waals surface area contributed by atoms with E-state index in [1.54, 1.807) is 42.3 Å². The standard InChI is InChI=1S/C30H22F2N6O3.CH4/c1-17-3-9-23(30(40)38(17)22-7-4-20(31)5-8-22)29(39)36-21-6-10-27(25(32)12-21)41-28-11-18-16-35-37(2)26(18)13-24(28)19-14-33-34-15-19;/h3-16H,1-2H3,(H,33,34)(H,36,39);1H4. The summed E-state index contributed by atoms with van der Waals surface area (Å²) in [5.74, 6) is -1.56. The summed E-state index contributed by atoms with van der Waals surface area (Å²) >= 11 is 0. The van der Waals surface area contributed by atoms with Gasteiger partial charge in [-0.25, -0.2) is 8.78 Å². The monoisotopic (exact) mass is 568 g/mol. The third-order valence-electron chi connectivity index (χ3n) is 6.67. The van der Waals surface area contributed by atoms with Crippen molar-refractivity contribution in [2.45, 2.75) is 14.4 Å². The molecule has 0 spiro atoms. The van der Waals surface area contributed by atoms with Gasteiger partial charge in [-0.3, -0.25) is 23.9 Å². The van der Waals surface area contributed by atoms with Gasteiger partial charge in [0.25, 0.3) is 11.5 Å². The van der Waals surface area contributed by atoms with E-state index in [4.69, 9.17) is 4.74 Å². The molecule has 0 aliphatic carbocycles. The molecular formula is C31H26F2N6O3. The van der Waals surface area contributed by atoms with Crippen molar-refractivity contribution in [2.24, 2.45) is 7.05 Å². The van der Waals surface area contributed by atoms with Crippen LogP contribution in [0.15, 0.2) is 90.1 Å². The number of H-pyrrole nitrogens is 1. The zero-order valence-corrected chi connectivity index (χ0v) is 21.9. The topological polar surface area (TPSA) is 107 Å². The number of carbonyl (C=O) groups excluding carboxylic acids is 1. The lowest BCUT2D eigenvalue weighted by Gasteiger charge is -2.14. The fourth-order valence-corrected chi connectivity index (χ4v) is 4.58. The van der Waals surface area contributed by atoms with E-state index in [1.807, 2.05) is 13.1 Å². The molecule has 2 N–H and O–H groups in total. The summed E-state index contributed by atoms with van der Waals surface area (Å²) in [5.41, 5.74) is 2.65. The average molecular weight is 569 g/mol. The molecule has 11 heteroatoms. The Morgan fingerprint density at radius 2 is 1.76 bits per heavy atom. The molecule has 6 rings (SSSR count). The molecule has 0 unspecified atom stereocenters. The van der Waals surface area contributed by atoms with Gasteiger partial charge in [-0.1, -0.05) is 7.43 Å². The summed E-state index contributed by atoms with van der Waals surface area (Å²) in [6.45, 7) is 1.70. The predicted molar refractivity (Wildman–Crippen MR) is 156 cm³/mol. The molecule has 42 heavy (non-hydrogen) atoms. The quantitative estimate of drug-likeness (QED) is 0.242. The zero-order valence-electron chi connectivity index (χ0n) is 21.9. The summed E-state index contributed by atoms with van der Waals surface area (Å²) in [5, 5.41) is 14.4. The Morgan fingerprint density at radius 3 is 2.48 bits per heavy atom. The second-order valence-corrected chi connectivity index (χ2v) is 9.37. The minimum atomic E-state index is -0.722. The number of hydrogen-bond acceptors (Lipinski definition) is 5. The molecule has 3 aromatic heterocycles. The van der Waals surface area contributed by atoms with Gasteiger partial charge in [0, 0.05) is 52.9 Å². The van der Waals surface area contributed by atoms with Crippen LogP contribution in [0.1, 0.15) is 23.5 Å². The maximum absolute atomic E-state index is 15.2. The van der Waals surface area contributed by atoms with Gasteiger partial charge < -0.3 is 10.1 Å². The molecule has 212 valence electrons. The highest BCUT2D eigenvalue weighted by Crippen LogP contribution is 2.37. The van der Waals surface area contributed by atoms with Gasteiger partial charge in [0.05, 0.1) is 17.9 Å². The van der Waals surface area contributed by atoms with Gasteiger partial charge >= 0.3 is 0 Å². The molecule has 0 aliphatic rings. The number of fused-ring (bicyclic) bond motifs is 1. The van der Waals surface area contributed by atoms with Crippen molar-refractivity contribution in [2.75, 3.05) is 5.32 Å². The number of aromatic nitrogens is 5. The smallest absolute Gasteiger partial charge is 0.268 e. The Labute approximate surface area is 239 Å². The van der Waals surface area contributed by atoms with E-state index in [0.29, 0.717) is 22.7 Å². The van der Waals surface area contributed by atoms with Crippen LogP contribution >= 0.6 is 0 Å². The van der Waals surface area contributed by atoms with Crippen molar-refractivity contribution < 1.29 is 18.3 Å². The second-order valence-electron chi connectivity index (χ2n) is 9.37. The Balaban J connectivity index is 0.00000353. The van der Waals surface area contributed by atoms with Gasteiger partial charge in [0.15, 0.2) is 11.6 Å². The van der Waals surface area contributed by atoms with Gasteiger partial charge in [0.1, 0.15) is 17.1 Å². The molecule has 0 aliphatic heterocycles. The van der Waals surface area contributed by atoms with Crippen LogP contribution in [0.5, 0.6) is 11.5 Å². The Bertz CT molecular complexity index is 1980. The van der Waals surface area contributed by atoms with E-state index in [-0.39, 0.29) is 24.4 Å². The number of benzene rings is 3. The molecule has 0 saturated carbocycles. The highest BCUT2D eigenvalue weighted by atomic mass is 19.1. The number of amides is 1. The van der Waals surface area contributed by atoms with Gasteiger partial charge in [-0.2, -0.15) is 10.2 Å². The van der Waals surface area contributed by atoms with Crippen LogP contribution in [-0.4, -0.2) is 30.5 Å². The number of nitrogens with zero attached hydrogens (tertiary/aromatic N) is 4. The summed E-state index contributed by atoms with van der Waals surface area (Å²) in [6.07, 6.45) is 5.02. The number of carbonyl (C=O) groups is 1. The molecule has 0 atom stereocenters. The van der Waals surface area contributed by atoms with Crippen molar-refractivity contribution in [3.05, 3.63) is 119 Å². The minimum Gasteiger partial charge on any atom is -0.454 e. The minimum absolute atomic E-state index is 0. The van der Waals surface area contributed by atoms with Gasteiger partial charge in [-0.15, -0.1) is 0 Å². The van der Waals surface area contributed by atoms with E-state index in [1.165, 1.54) is 47.0 Å². The van der Waals surface area contributed by atoms with E-state index in [9.17, 15) is 14.0 Å². The molecule has 0 bridgehead atoms. The first kappa shape index (κ1) is 28.0. The van der Waals surface area contributed by atoms with E-state index in [0.717, 1.165) is 22.5 Å². The first-order valence-electron chi connectivity index (χ1n) is 12.5. The van der Waals surface area contributed by atoms with Crippen LogP contribution in [0.25, 0.3) is 27.7 Å². The summed E-state index contributed by atoms with van der Waals surface area (Å²) in [6, 6.07) is 16.0. The third-order valence-corrected chi connectivity index (χ3v) is 6.67. The first-order valence-corrected chi connectivity index (χ1v) is 12.5. The van der Waals surface area contributed by atoms with Crippen LogP contribution in [0.4, 0.5) is 14.5 Å². The summed E-state index contributed by atoms with van der Waals surface area (Å²) in [7, 11) is 1.82. The largest absolute Gasteiger partial charge is 0.454 e. The van der Waals surface area contributed by atoms with Gasteiger partial charge in [0.2, 0.25) is 0 Å². The first-order chi connectivity index (χ1) is 19.8. The maximum atomic E-state index is 15.2. The highest BCUT2D eigenvalue weighted by molar-refractivity contribution is 6.04. The van der Waals surface area contributed by atoms with Crippen molar-refractivity contribution in [3.63, 3.8) is 0 Å². The van der Waals surface area contributed by atoms with Crippen molar-refractivity contribution in [3.8, 4) is 28.3 Å². The van der Waals surface area contributed by atoms with Crippen molar-refractivity contribution in [1.82, 2.24) is 24.5 Å². The number of aryl methyl sites for hydroxylation is 2. The van der Waals surface area contributed by atoms with E-state index in [2.05, 4.69) is 20.6 Å². The van der Waals surface area contributed by atoms with Crippen LogP contribution in [0.2, 0.25) is 0 Å². The molecule has 9 nitrogen and oxygen atoms in total. The lowest BCUT2D eigenvalue weighted by molar-refractivity contribution is 0.102. The van der Waals surface area contributed by atoms with E-state index < -0.39 is 23.1 Å². The number of ether oxygens (including phenoxy) is 1. The average Bonchev–Trinajstić information content (AvgIpc) is 3.61.